The molecule has 0 radical (unpaired) electrons. The van der Waals surface area contributed by atoms with Crippen LogP contribution in [-0.2, 0) is 0 Å². The van der Waals surface area contributed by atoms with Crippen LogP contribution >= 0.6 is 0 Å². The standard InChI is InChI=1S/C64H42N2/c1-2-21-51(22-3-1)66-61-30-14-29-57(64(61)60-40-47-16-4-5-17-48(47)41-63(60)66)49-20-12-23-53(39-49)65(62-42-50-18-7-9-25-56(50)58-26-10-11-27-59(58)62)52-37-35-44(36-38-52)43-31-33-46(34-32-43)55-28-13-19-45-15-6-8-24-54(45)55/h1-42H. The summed E-state index contributed by atoms with van der Waals surface area (Å²) in [5.74, 6) is 0. The summed E-state index contributed by atoms with van der Waals surface area (Å²) in [5.41, 5.74) is 14.1. The van der Waals surface area contributed by atoms with Crippen LogP contribution in [-0.4, -0.2) is 4.57 Å². The zero-order valence-corrected chi connectivity index (χ0v) is 36.1. The third-order valence-electron chi connectivity index (χ3n) is 13.5. The molecule has 2 nitrogen and oxygen atoms in total. The van der Waals surface area contributed by atoms with Crippen LogP contribution < -0.4 is 4.90 Å². The van der Waals surface area contributed by atoms with Crippen molar-refractivity contribution in [2.75, 3.05) is 4.90 Å². The van der Waals surface area contributed by atoms with Gasteiger partial charge < -0.3 is 9.47 Å². The van der Waals surface area contributed by atoms with Gasteiger partial charge in [-0.1, -0.05) is 194 Å². The Kier molecular flexibility index (Phi) is 8.89. The fourth-order valence-corrected chi connectivity index (χ4v) is 10.4. The van der Waals surface area contributed by atoms with Crippen LogP contribution in [0.25, 0.3) is 104 Å². The van der Waals surface area contributed by atoms with E-state index in [0.29, 0.717) is 0 Å². The highest BCUT2D eigenvalue weighted by molar-refractivity contribution is 6.19. The van der Waals surface area contributed by atoms with Gasteiger partial charge in [0.1, 0.15) is 0 Å². The molecule has 12 aromatic carbocycles. The summed E-state index contributed by atoms with van der Waals surface area (Å²) >= 11 is 0. The normalized spacial score (nSPS) is 11.6. The van der Waals surface area contributed by atoms with Crippen LogP contribution in [0.5, 0.6) is 0 Å². The number of aromatic nitrogens is 1. The predicted octanol–water partition coefficient (Wildman–Crippen LogP) is 17.9. The second-order valence-electron chi connectivity index (χ2n) is 17.3. The average molecular weight is 839 g/mol. The second-order valence-corrected chi connectivity index (χ2v) is 17.3. The molecule has 0 unspecified atom stereocenters. The maximum atomic E-state index is 2.45. The fraction of sp³-hybridized carbons (Fsp3) is 0. The zero-order valence-electron chi connectivity index (χ0n) is 36.1. The number of benzene rings is 12. The van der Waals surface area contributed by atoms with Crippen molar-refractivity contribution in [3.8, 4) is 39.1 Å². The monoisotopic (exact) mass is 838 g/mol. The largest absolute Gasteiger partial charge is 0.310 e. The van der Waals surface area contributed by atoms with Crippen molar-refractivity contribution in [1.29, 1.82) is 0 Å². The maximum Gasteiger partial charge on any atom is 0.0547 e. The molecule has 308 valence electrons. The molecule has 0 bridgehead atoms. The minimum Gasteiger partial charge on any atom is -0.310 e. The Bertz CT molecular complexity index is 3970. The van der Waals surface area contributed by atoms with Gasteiger partial charge in [0.05, 0.1) is 16.7 Å². The van der Waals surface area contributed by atoms with E-state index in [0.717, 1.165) is 28.3 Å². The van der Waals surface area contributed by atoms with E-state index in [2.05, 4.69) is 264 Å². The molecule has 0 aliphatic carbocycles. The van der Waals surface area contributed by atoms with Crippen LogP contribution in [0.1, 0.15) is 0 Å². The topological polar surface area (TPSA) is 8.17 Å². The fourth-order valence-electron chi connectivity index (χ4n) is 10.4. The Morgan fingerprint density at radius 1 is 0.273 bits per heavy atom. The Morgan fingerprint density at radius 2 is 0.848 bits per heavy atom. The number of para-hydroxylation sites is 1. The van der Waals surface area contributed by atoms with E-state index in [1.54, 1.807) is 0 Å². The van der Waals surface area contributed by atoms with Crippen molar-refractivity contribution in [3.05, 3.63) is 255 Å². The lowest BCUT2D eigenvalue weighted by molar-refractivity contribution is 1.18. The molecule has 13 rings (SSSR count). The molecule has 0 atom stereocenters. The number of rotatable bonds is 7. The van der Waals surface area contributed by atoms with Gasteiger partial charge in [0.2, 0.25) is 0 Å². The quantitative estimate of drug-likeness (QED) is 0.145. The maximum absolute atomic E-state index is 2.45. The van der Waals surface area contributed by atoms with Crippen molar-refractivity contribution in [2.45, 2.75) is 0 Å². The molecular weight excluding hydrogens is 797 g/mol. The van der Waals surface area contributed by atoms with Crippen LogP contribution in [0.3, 0.4) is 0 Å². The van der Waals surface area contributed by atoms with Crippen molar-refractivity contribution in [1.82, 2.24) is 4.57 Å². The smallest absolute Gasteiger partial charge is 0.0547 e. The molecule has 66 heavy (non-hydrogen) atoms. The summed E-state index contributed by atoms with van der Waals surface area (Å²) in [7, 11) is 0. The molecule has 0 saturated heterocycles. The van der Waals surface area contributed by atoms with Crippen molar-refractivity contribution < 1.29 is 0 Å². The van der Waals surface area contributed by atoms with E-state index in [1.165, 1.54) is 92.7 Å². The van der Waals surface area contributed by atoms with Gasteiger partial charge in [0.15, 0.2) is 0 Å². The van der Waals surface area contributed by atoms with Crippen LogP contribution in [0.15, 0.2) is 255 Å². The van der Waals surface area contributed by atoms with Gasteiger partial charge in [-0.25, -0.2) is 0 Å². The summed E-state index contributed by atoms with van der Waals surface area (Å²) in [6, 6.07) is 93.3. The van der Waals surface area contributed by atoms with Crippen LogP contribution in [0.2, 0.25) is 0 Å². The first-order chi connectivity index (χ1) is 32.7. The van der Waals surface area contributed by atoms with E-state index in [4.69, 9.17) is 0 Å². The number of hydrogen-bond acceptors (Lipinski definition) is 1. The highest BCUT2D eigenvalue weighted by Gasteiger charge is 2.21. The van der Waals surface area contributed by atoms with Crippen molar-refractivity contribution in [3.63, 3.8) is 0 Å². The van der Waals surface area contributed by atoms with Crippen molar-refractivity contribution >= 4 is 82.0 Å². The molecule has 0 N–H and O–H groups in total. The van der Waals surface area contributed by atoms with E-state index in [9.17, 15) is 0 Å². The number of hydrogen-bond donors (Lipinski definition) is 0. The van der Waals surface area contributed by atoms with Crippen LogP contribution in [0.4, 0.5) is 17.1 Å². The Morgan fingerprint density at radius 3 is 1.64 bits per heavy atom. The van der Waals surface area contributed by atoms with Gasteiger partial charge in [-0.2, -0.15) is 0 Å². The number of anilines is 3. The first-order valence-electron chi connectivity index (χ1n) is 22.7. The molecule has 0 fully saturated rings. The molecule has 0 aliphatic rings. The Labute approximate surface area is 383 Å². The molecule has 1 aromatic heterocycles. The first-order valence-corrected chi connectivity index (χ1v) is 22.7. The molecular formula is C64H42N2. The molecule has 1 heterocycles. The molecule has 0 saturated carbocycles. The zero-order chi connectivity index (χ0) is 43.6. The van der Waals surface area contributed by atoms with Gasteiger partial charge >= 0.3 is 0 Å². The summed E-state index contributed by atoms with van der Waals surface area (Å²) < 4.78 is 2.43. The third kappa shape index (κ3) is 6.26. The van der Waals surface area contributed by atoms with Gasteiger partial charge in [-0.3, -0.25) is 0 Å². The second kappa shape index (κ2) is 15.5. The number of fused-ring (bicyclic) bond motifs is 8. The lowest BCUT2D eigenvalue weighted by Gasteiger charge is -2.28. The van der Waals surface area contributed by atoms with E-state index in [1.807, 2.05) is 0 Å². The Hall–Kier alpha value is -8.72. The third-order valence-corrected chi connectivity index (χ3v) is 13.5. The van der Waals surface area contributed by atoms with Crippen LogP contribution in [0, 0.1) is 0 Å². The Balaban J connectivity index is 0.974. The highest BCUT2D eigenvalue weighted by Crippen LogP contribution is 2.45. The van der Waals surface area contributed by atoms with Gasteiger partial charge in [0.25, 0.3) is 0 Å². The lowest BCUT2D eigenvalue weighted by Crippen LogP contribution is -2.11. The molecule has 0 spiro atoms. The summed E-state index contributed by atoms with van der Waals surface area (Å²) in [4.78, 5) is 2.45. The average Bonchev–Trinajstić information content (AvgIpc) is 3.71. The van der Waals surface area contributed by atoms with Crippen molar-refractivity contribution in [2.24, 2.45) is 0 Å². The molecule has 2 heteroatoms. The predicted molar refractivity (Wildman–Crippen MR) is 282 cm³/mol. The summed E-state index contributed by atoms with van der Waals surface area (Å²) in [6.07, 6.45) is 0. The minimum absolute atomic E-state index is 1.09. The summed E-state index contributed by atoms with van der Waals surface area (Å²) in [5, 5.41) is 12.4. The van der Waals surface area contributed by atoms with Gasteiger partial charge in [-0.15, -0.1) is 0 Å². The molecule has 0 aliphatic heterocycles. The summed E-state index contributed by atoms with van der Waals surface area (Å²) in [6.45, 7) is 0. The molecule has 0 amide bonds. The molecule has 13 aromatic rings. The van der Waals surface area contributed by atoms with E-state index < -0.39 is 0 Å². The van der Waals surface area contributed by atoms with E-state index >= 15 is 0 Å². The number of nitrogens with zero attached hydrogens (tertiary/aromatic N) is 2. The van der Waals surface area contributed by atoms with Gasteiger partial charge in [-0.05, 0) is 132 Å². The van der Waals surface area contributed by atoms with E-state index in [-0.39, 0.29) is 0 Å². The van der Waals surface area contributed by atoms with Gasteiger partial charge in [0, 0.05) is 33.2 Å². The lowest BCUT2D eigenvalue weighted by atomic mass is 9.96. The minimum atomic E-state index is 1.09. The SMILES string of the molecule is c1ccc(-n2c3cc4ccccc4cc3c3c(-c4cccc(N(c5ccc(-c6ccc(-c7cccc8ccccc78)cc6)cc5)c5cc6ccccc6c6ccccc56)c4)cccc32)cc1. The first kappa shape index (κ1) is 37.8. The highest BCUT2D eigenvalue weighted by atomic mass is 15.1.